The van der Waals surface area contributed by atoms with Crippen LogP contribution in [0.5, 0.6) is 0 Å². The first-order valence-electron chi connectivity index (χ1n) is 10.7. The Morgan fingerprint density at radius 1 is 0.929 bits per heavy atom. The molecule has 2 aliphatic rings. The number of rotatable bonds is 2. The molecule has 2 saturated carbocycles. The topological polar surface area (TPSA) is 0 Å². The normalized spacial score (nSPS) is 18.3. The molecule has 2 aliphatic carbocycles. The van der Waals surface area contributed by atoms with Crippen molar-refractivity contribution in [2.24, 2.45) is 11.8 Å². The fraction of sp³-hybridized carbons (Fsp3) is 0.500. The molecule has 2 aromatic carbocycles. The Morgan fingerprint density at radius 3 is 1.79 bits per heavy atom. The van der Waals surface area contributed by atoms with Crippen LogP contribution in [0.15, 0.2) is 48.5 Å². The van der Waals surface area contributed by atoms with Crippen LogP contribution in [0.25, 0.3) is 11.1 Å². The maximum absolute atomic E-state index is 4.98. The molecule has 0 heteroatoms. The Labute approximate surface area is 175 Å². The number of terminal acetylenes is 1. The van der Waals surface area contributed by atoms with Gasteiger partial charge in [0, 0.05) is 5.92 Å². The molecule has 0 bridgehead atoms. The molecule has 4 rings (SSSR count). The molecule has 0 amide bonds. The van der Waals surface area contributed by atoms with E-state index in [1.807, 2.05) is 13.8 Å². The van der Waals surface area contributed by atoms with E-state index < -0.39 is 0 Å². The molecule has 0 aliphatic heterocycles. The van der Waals surface area contributed by atoms with Crippen LogP contribution in [0.1, 0.15) is 84.8 Å². The summed E-state index contributed by atoms with van der Waals surface area (Å²) in [5, 5.41) is 0. The Balaban J connectivity index is 0.000000557. The maximum Gasteiger partial charge on any atom is 0.0201 e. The molecule has 2 aromatic rings. The van der Waals surface area contributed by atoms with E-state index in [0.29, 0.717) is 5.92 Å². The van der Waals surface area contributed by atoms with Crippen LogP contribution in [-0.4, -0.2) is 0 Å². The summed E-state index contributed by atoms with van der Waals surface area (Å²) >= 11 is 0. The van der Waals surface area contributed by atoms with Gasteiger partial charge in [-0.05, 0) is 60.3 Å². The van der Waals surface area contributed by atoms with Crippen LogP contribution in [0.3, 0.4) is 0 Å². The third-order valence-corrected chi connectivity index (χ3v) is 4.72. The van der Waals surface area contributed by atoms with Gasteiger partial charge >= 0.3 is 0 Å². The zero-order valence-electron chi connectivity index (χ0n) is 18.3. The SMILES string of the molecule is C.C#CC1CC1.CC.CCC.Cc1ccccc1-c1ccccc1C1CC1C. The molecule has 0 nitrogen and oxygen atoms in total. The average molecular weight is 379 g/mol. The smallest absolute Gasteiger partial charge is 0.0201 e. The van der Waals surface area contributed by atoms with E-state index in [1.165, 1.54) is 47.9 Å². The Kier molecular flexibility index (Phi) is 13.1. The lowest BCUT2D eigenvalue weighted by Gasteiger charge is -2.11. The highest BCUT2D eigenvalue weighted by Crippen LogP contribution is 2.49. The van der Waals surface area contributed by atoms with Crippen molar-refractivity contribution in [1.82, 2.24) is 0 Å². The summed E-state index contributed by atoms with van der Waals surface area (Å²) in [6.07, 6.45) is 10.1. The summed E-state index contributed by atoms with van der Waals surface area (Å²) in [5.41, 5.74) is 5.73. The number of hydrogen-bond donors (Lipinski definition) is 0. The van der Waals surface area contributed by atoms with Gasteiger partial charge in [0.1, 0.15) is 0 Å². The molecular weight excluding hydrogens is 336 g/mol. The van der Waals surface area contributed by atoms with Crippen molar-refractivity contribution in [3.8, 4) is 23.5 Å². The van der Waals surface area contributed by atoms with E-state index in [2.05, 4.69) is 82.1 Å². The average Bonchev–Trinajstić information content (AvgIpc) is 3.62. The number of aryl methyl sites for hydroxylation is 1. The standard InChI is InChI=1S/C17H18.C5H6.C3H8.C2H6.CH4/c1-12-7-3-4-8-14(12)15-9-5-6-10-16(15)17-11-13(17)2;1-2-5-3-4-5;1-3-2;1-2;/h3-10,13,17H,11H2,1-2H3;1,5H,3-4H2;3H2,1-2H3;1-2H3;1H4. The summed E-state index contributed by atoms with van der Waals surface area (Å²) in [7, 11) is 0. The van der Waals surface area contributed by atoms with Gasteiger partial charge in [-0.3, -0.25) is 0 Å². The minimum Gasteiger partial charge on any atom is -0.120 e. The lowest BCUT2D eigenvalue weighted by molar-refractivity contribution is 0.916. The number of benzene rings is 2. The van der Waals surface area contributed by atoms with Gasteiger partial charge in [0.25, 0.3) is 0 Å². The Bertz CT molecular complexity index is 700. The van der Waals surface area contributed by atoms with Gasteiger partial charge in [0.2, 0.25) is 0 Å². The Morgan fingerprint density at radius 2 is 1.39 bits per heavy atom. The van der Waals surface area contributed by atoms with E-state index in [-0.39, 0.29) is 7.43 Å². The first kappa shape index (κ1) is 26.0. The van der Waals surface area contributed by atoms with E-state index in [0.717, 1.165) is 11.8 Å². The second-order valence-corrected chi connectivity index (χ2v) is 7.37. The van der Waals surface area contributed by atoms with Gasteiger partial charge in [0.05, 0.1) is 0 Å². The van der Waals surface area contributed by atoms with Crippen LogP contribution >= 0.6 is 0 Å². The maximum atomic E-state index is 4.98. The van der Waals surface area contributed by atoms with Gasteiger partial charge in [0.15, 0.2) is 0 Å². The summed E-state index contributed by atoms with van der Waals surface area (Å²) in [5.74, 6) is 4.95. The molecular formula is C28H42. The van der Waals surface area contributed by atoms with E-state index in [9.17, 15) is 0 Å². The second-order valence-electron chi connectivity index (χ2n) is 7.37. The van der Waals surface area contributed by atoms with Crippen molar-refractivity contribution in [2.45, 2.75) is 80.6 Å². The van der Waals surface area contributed by atoms with Gasteiger partial charge in [-0.1, -0.05) is 97.0 Å². The van der Waals surface area contributed by atoms with Crippen molar-refractivity contribution >= 4 is 0 Å². The predicted octanol–water partition coefficient (Wildman–Crippen LogP) is 8.89. The van der Waals surface area contributed by atoms with Crippen molar-refractivity contribution in [3.05, 3.63) is 59.7 Å². The van der Waals surface area contributed by atoms with Crippen molar-refractivity contribution < 1.29 is 0 Å². The zero-order valence-corrected chi connectivity index (χ0v) is 18.3. The van der Waals surface area contributed by atoms with Crippen molar-refractivity contribution in [1.29, 1.82) is 0 Å². The quantitative estimate of drug-likeness (QED) is 0.458. The van der Waals surface area contributed by atoms with Crippen molar-refractivity contribution in [2.75, 3.05) is 0 Å². The third-order valence-electron chi connectivity index (χ3n) is 4.72. The molecule has 154 valence electrons. The second kappa shape index (κ2) is 14.1. The van der Waals surface area contributed by atoms with E-state index in [4.69, 9.17) is 6.42 Å². The summed E-state index contributed by atoms with van der Waals surface area (Å²) in [6, 6.07) is 17.6. The highest BCUT2D eigenvalue weighted by Gasteiger charge is 2.35. The fourth-order valence-corrected chi connectivity index (χ4v) is 2.95. The molecule has 2 unspecified atom stereocenters. The highest BCUT2D eigenvalue weighted by atomic mass is 14.4. The predicted molar refractivity (Wildman–Crippen MR) is 129 cm³/mol. The lowest BCUT2D eigenvalue weighted by atomic mass is 9.93. The highest BCUT2D eigenvalue weighted by molar-refractivity contribution is 5.71. The van der Waals surface area contributed by atoms with Gasteiger partial charge in [-0.15, -0.1) is 12.3 Å². The minimum absolute atomic E-state index is 0. The lowest BCUT2D eigenvalue weighted by Crippen LogP contribution is -1.90. The molecule has 0 heterocycles. The summed E-state index contributed by atoms with van der Waals surface area (Å²) in [6.45, 7) is 12.8. The van der Waals surface area contributed by atoms with E-state index in [1.54, 1.807) is 0 Å². The monoisotopic (exact) mass is 378 g/mol. The largest absolute Gasteiger partial charge is 0.120 e. The molecule has 2 atom stereocenters. The molecule has 2 fully saturated rings. The first-order valence-corrected chi connectivity index (χ1v) is 10.7. The van der Waals surface area contributed by atoms with Crippen LogP contribution in [0.2, 0.25) is 0 Å². The molecule has 28 heavy (non-hydrogen) atoms. The fourth-order valence-electron chi connectivity index (χ4n) is 2.95. The van der Waals surface area contributed by atoms with Crippen LogP contribution in [-0.2, 0) is 0 Å². The van der Waals surface area contributed by atoms with Crippen LogP contribution < -0.4 is 0 Å². The first-order chi connectivity index (χ1) is 13.1. The minimum atomic E-state index is 0. The molecule has 0 radical (unpaired) electrons. The summed E-state index contributed by atoms with van der Waals surface area (Å²) in [4.78, 5) is 0. The van der Waals surface area contributed by atoms with Crippen LogP contribution in [0, 0.1) is 31.1 Å². The van der Waals surface area contributed by atoms with Gasteiger partial charge in [-0.25, -0.2) is 0 Å². The molecule has 0 aromatic heterocycles. The number of hydrogen-bond acceptors (Lipinski definition) is 0. The molecule has 0 saturated heterocycles. The van der Waals surface area contributed by atoms with Gasteiger partial charge in [-0.2, -0.15) is 0 Å². The summed E-state index contributed by atoms with van der Waals surface area (Å²) < 4.78 is 0. The molecule has 0 N–H and O–H groups in total. The van der Waals surface area contributed by atoms with E-state index >= 15 is 0 Å². The third kappa shape index (κ3) is 8.35. The van der Waals surface area contributed by atoms with Crippen molar-refractivity contribution in [3.63, 3.8) is 0 Å². The zero-order chi connectivity index (χ0) is 20.2. The molecule has 0 spiro atoms. The van der Waals surface area contributed by atoms with Crippen LogP contribution in [0.4, 0.5) is 0 Å². The Hall–Kier alpha value is -2.00. The van der Waals surface area contributed by atoms with Gasteiger partial charge < -0.3 is 0 Å².